The van der Waals surface area contributed by atoms with Crippen LogP contribution in [0.15, 0.2) is 65.4 Å². The molecule has 2 aliphatic rings. The third kappa shape index (κ3) is 8.82. The first-order valence-electron chi connectivity index (χ1n) is 15.0. The lowest BCUT2D eigenvalue weighted by Gasteiger charge is -2.32. The van der Waals surface area contributed by atoms with Crippen LogP contribution in [0.25, 0.3) is 23.1 Å². The number of rotatable bonds is 6. The van der Waals surface area contributed by atoms with Crippen LogP contribution in [0.2, 0.25) is 0 Å². The van der Waals surface area contributed by atoms with Gasteiger partial charge in [-0.15, -0.1) is 12.4 Å². The molecule has 3 N–H and O–H groups in total. The fourth-order valence-electron chi connectivity index (χ4n) is 4.91. The highest BCUT2D eigenvalue weighted by atomic mass is 35.5. The summed E-state index contributed by atoms with van der Waals surface area (Å²) >= 11 is 0. The van der Waals surface area contributed by atoms with Crippen molar-refractivity contribution in [3.63, 3.8) is 0 Å². The van der Waals surface area contributed by atoms with E-state index >= 15 is 0 Å². The molecular weight excluding hydrogens is 622 g/mol. The van der Waals surface area contributed by atoms with Crippen LogP contribution < -0.4 is 20.1 Å². The van der Waals surface area contributed by atoms with E-state index in [-0.39, 0.29) is 29.5 Å². The van der Waals surface area contributed by atoms with Crippen molar-refractivity contribution in [3.05, 3.63) is 83.4 Å². The minimum atomic E-state index is -0.984. The van der Waals surface area contributed by atoms with E-state index in [2.05, 4.69) is 20.6 Å². The molecule has 3 aromatic heterocycles. The Kier molecular flexibility index (Phi) is 10.5. The molecule has 1 aromatic carbocycles. The topological polar surface area (TPSA) is 139 Å². The van der Waals surface area contributed by atoms with E-state index in [0.29, 0.717) is 42.5 Å². The average Bonchev–Trinajstić information content (AvgIpc) is 3.32. The Balaban J connectivity index is 0.000000238. The molecule has 0 saturated heterocycles. The summed E-state index contributed by atoms with van der Waals surface area (Å²) in [6, 6.07) is 11.6. The second-order valence-electron chi connectivity index (χ2n) is 12.5. The van der Waals surface area contributed by atoms with Crippen molar-refractivity contribution in [1.82, 2.24) is 14.9 Å². The number of ether oxygens (including phenoxy) is 2. The SMILES string of the molecule is CC1(C)CNc2ncc(/C=C/C(=O)O)cc2O1.Cc1c(CN(C)C(=O)/C=C/c2cnc3c(c2)OC(C)(C)CN3)oc2ccccc12.Cl. The average molecular weight is 662 g/mol. The van der Waals surface area contributed by atoms with Crippen LogP contribution in [0.4, 0.5) is 11.6 Å². The van der Waals surface area contributed by atoms with Gasteiger partial charge in [0.1, 0.15) is 22.5 Å². The van der Waals surface area contributed by atoms with E-state index in [4.69, 9.17) is 19.0 Å². The number of nitrogens with one attached hydrogen (secondary N) is 2. The number of carboxylic acids is 1. The summed E-state index contributed by atoms with van der Waals surface area (Å²) < 4.78 is 17.6. The molecule has 47 heavy (non-hydrogen) atoms. The van der Waals surface area contributed by atoms with Crippen LogP contribution in [0.1, 0.15) is 50.1 Å². The van der Waals surface area contributed by atoms with Crippen molar-refractivity contribution >= 4 is 59.0 Å². The van der Waals surface area contributed by atoms with E-state index in [9.17, 15) is 9.59 Å². The second-order valence-corrected chi connectivity index (χ2v) is 12.5. The molecular formula is C35H40ClN5O6. The number of carboxylic acid groups (broad SMARTS) is 1. The highest BCUT2D eigenvalue weighted by molar-refractivity contribution is 5.92. The molecule has 0 radical (unpaired) electrons. The van der Waals surface area contributed by atoms with Gasteiger partial charge in [0.05, 0.1) is 19.6 Å². The summed E-state index contributed by atoms with van der Waals surface area (Å²) in [4.78, 5) is 33.2. The molecule has 1 amide bonds. The summed E-state index contributed by atoms with van der Waals surface area (Å²) in [6.45, 7) is 11.8. The van der Waals surface area contributed by atoms with Gasteiger partial charge in [-0.3, -0.25) is 4.79 Å². The van der Waals surface area contributed by atoms with Gasteiger partial charge in [-0.2, -0.15) is 0 Å². The number of aryl methyl sites for hydroxylation is 1. The normalized spacial score (nSPS) is 15.4. The van der Waals surface area contributed by atoms with Gasteiger partial charge in [-0.25, -0.2) is 14.8 Å². The largest absolute Gasteiger partial charge is 0.482 e. The van der Waals surface area contributed by atoms with Crippen LogP contribution in [-0.4, -0.2) is 63.2 Å². The number of amides is 1. The number of furan rings is 1. The number of carbonyl (C=O) groups excluding carboxylic acids is 1. The minimum absolute atomic E-state index is 0. The molecule has 6 rings (SSSR count). The lowest BCUT2D eigenvalue weighted by atomic mass is 10.1. The molecule has 0 aliphatic carbocycles. The van der Waals surface area contributed by atoms with E-state index in [1.807, 2.05) is 65.0 Å². The Labute approximate surface area is 280 Å². The van der Waals surface area contributed by atoms with Crippen LogP contribution in [0.3, 0.4) is 0 Å². The zero-order valence-electron chi connectivity index (χ0n) is 27.3. The van der Waals surface area contributed by atoms with Gasteiger partial charge in [0.25, 0.3) is 0 Å². The number of aliphatic carboxylic acids is 1. The van der Waals surface area contributed by atoms with Gasteiger partial charge in [0.15, 0.2) is 23.1 Å². The summed E-state index contributed by atoms with van der Waals surface area (Å²) in [5.74, 6) is 2.47. The van der Waals surface area contributed by atoms with Crippen molar-refractivity contribution in [2.24, 2.45) is 0 Å². The van der Waals surface area contributed by atoms with Gasteiger partial charge < -0.3 is 34.5 Å². The second kappa shape index (κ2) is 14.2. The molecule has 5 heterocycles. The molecule has 12 heteroatoms. The van der Waals surface area contributed by atoms with Gasteiger partial charge in [-0.05, 0) is 76.1 Å². The number of aromatic nitrogens is 2. The fourth-order valence-corrected chi connectivity index (χ4v) is 4.91. The number of hydrogen-bond donors (Lipinski definition) is 3. The number of halogens is 1. The quantitative estimate of drug-likeness (QED) is 0.194. The Hall–Kier alpha value is -5.03. The van der Waals surface area contributed by atoms with Crippen LogP contribution in [0, 0.1) is 6.92 Å². The predicted molar refractivity (Wildman–Crippen MR) is 185 cm³/mol. The van der Waals surface area contributed by atoms with E-state index < -0.39 is 5.97 Å². The van der Waals surface area contributed by atoms with E-state index in [1.54, 1.807) is 42.6 Å². The number of benzene rings is 1. The van der Waals surface area contributed by atoms with Crippen molar-refractivity contribution in [1.29, 1.82) is 0 Å². The first kappa shape index (κ1) is 34.8. The van der Waals surface area contributed by atoms with Crippen LogP contribution in [-0.2, 0) is 16.1 Å². The van der Waals surface area contributed by atoms with Gasteiger partial charge in [0, 0.05) is 42.5 Å². The Morgan fingerprint density at radius 1 is 0.915 bits per heavy atom. The Morgan fingerprint density at radius 2 is 1.45 bits per heavy atom. The number of fused-ring (bicyclic) bond motifs is 3. The van der Waals surface area contributed by atoms with Crippen molar-refractivity contribution < 1.29 is 28.6 Å². The monoisotopic (exact) mass is 661 g/mol. The number of pyridine rings is 2. The van der Waals surface area contributed by atoms with Crippen LogP contribution >= 0.6 is 12.4 Å². The molecule has 2 aliphatic heterocycles. The van der Waals surface area contributed by atoms with Gasteiger partial charge in [-0.1, -0.05) is 18.2 Å². The minimum Gasteiger partial charge on any atom is -0.482 e. The number of anilines is 2. The molecule has 0 fully saturated rings. The highest BCUT2D eigenvalue weighted by Gasteiger charge is 2.28. The Morgan fingerprint density at radius 3 is 1.98 bits per heavy atom. The van der Waals surface area contributed by atoms with Crippen molar-refractivity contribution in [2.45, 2.75) is 52.4 Å². The number of hydrogen-bond acceptors (Lipinski definition) is 9. The van der Waals surface area contributed by atoms with Crippen LogP contribution in [0.5, 0.6) is 11.5 Å². The highest BCUT2D eigenvalue weighted by Crippen LogP contribution is 2.33. The van der Waals surface area contributed by atoms with Gasteiger partial charge in [0.2, 0.25) is 5.91 Å². The molecule has 0 atom stereocenters. The van der Waals surface area contributed by atoms with Crippen molar-refractivity contribution in [3.8, 4) is 11.5 Å². The first-order valence-corrected chi connectivity index (χ1v) is 15.0. The summed E-state index contributed by atoms with van der Waals surface area (Å²) in [6.07, 6.45) is 9.18. The number of carbonyl (C=O) groups is 2. The third-order valence-corrected chi connectivity index (χ3v) is 7.42. The maximum Gasteiger partial charge on any atom is 0.328 e. The molecule has 0 spiro atoms. The zero-order valence-corrected chi connectivity index (χ0v) is 28.1. The molecule has 248 valence electrons. The molecule has 4 aromatic rings. The number of para-hydroxylation sites is 1. The number of nitrogens with zero attached hydrogens (tertiary/aromatic N) is 3. The zero-order chi connectivity index (χ0) is 33.1. The molecule has 0 saturated carbocycles. The first-order chi connectivity index (χ1) is 21.8. The summed E-state index contributed by atoms with van der Waals surface area (Å²) in [5, 5.41) is 16.1. The maximum atomic E-state index is 12.6. The lowest BCUT2D eigenvalue weighted by molar-refractivity contribution is -0.131. The molecule has 0 unspecified atom stereocenters. The van der Waals surface area contributed by atoms with E-state index in [1.165, 1.54) is 6.08 Å². The van der Waals surface area contributed by atoms with E-state index in [0.717, 1.165) is 39.8 Å². The molecule has 0 bridgehead atoms. The van der Waals surface area contributed by atoms with Crippen molar-refractivity contribution in [2.75, 3.05) is 30.8 Å². The Bertz CT molecular complexity index is 1830. The smallest absolute Gasteiger partial charge is 0.328 e. The lowest BCUT2D eigenvalue weighted by Crippen LogP contribution is -2.40. The fraction of sp³-hybridized carbons (Fsp3) is 0.314. The summed E-state index contributed by atoms with van der Waals surface area (Å²) in [5.41, 5.74) is 2.83. The third-order valence-electron chi connectivity index (χ3n) is 7.42. The maximum absolute atomic E-state index is 12.6. The predicted octanol–water partition coefficient (Wildman–Crippen LogP) is 6.58. The van der Waals surface area contributed by atoms with Gasteiger partial charge >= 0.3 is 5.97 Å². The molecule has 11 nitrogen and oxygen atoms in total. The summed E-state index contributed by atoms with van der Waals surface area (Å²) in [7, 11) is 1.76. The number of likely N-dealkylation sites (N-methyl/N-ethyl adjacent to an activating group) is 1. The standard InChI is InChI=1S/C23H25N3O3.C12H14N2O3.ClH/c1-15-17-7-5-6-8-18(17)28-20(15)13-26(4)21(27)10-9-16-11-19-22(24-12-16)25-14-23(2,3)29-19;1-12(2)7-14-11-9(17-12)5-8(6-13-11)3-4-10(15)16;/h5-12H,13-14H2,1-4H3,(H,24,25);3-6H,7H2,1-2H3,(H,13,14)(H,15,16);1H/b10-9+;4-3+;.